The Morgan fingerprint density at radius 2 is 1.86 bits per heavy atom. The fraction of sp³-hybridized carbons (Fsp3) is 0.440. The number of hydrogen-bond donors (Lipinski definition) is 2. The van der Waals surface area contributed by atoms with Gasteiger partial charge in [0.1, 0.15) is 23.5 Å². The number of thioether (sulfide) groups is 1. The second-order valence-electron chi connectivity index (χ2n) is 9.01. The highest BCUT2D eigenvalue weighted by molar-refractivity contribution is 8.03. The zero-order valence-corrected chi connectivity index (χ0v) is 20.6. The first-order valence-corrected chi connectivity index (χ1v) is 11.9. The molecule has 0 saturated heterocycles. The van der Waals surface area contributed by atoms with Gasteiger partial charge in [0.05, 0.1) is 24.2 Å². The fourth-order valence-corrected chi connectivity index (χ4v) is 4.85. The van der Waals surface area contributed by atoms with Crippen molar-refractivity contribution >= 4 is 23.6 Å². The Hall–Kier alpha value is -2.88. The maximum absolute atomic E-state index is 13.2. The van der Waals surface area contributed by atoms with Crippen LogP contribution in [0.15, 0.2) is 58.9 Å². The highest BCUT2D eigenvalue weighted by Gasteiger charge is 2.40. The topological polar surface area (TPSA) is 84.9 Å². The predicted octanol–water partition coefficient (Wildman–Crippen LogP) is 5.27. The molecule has 190 valence electrons. The minimum Gasteiger partial charge on any atom is -0.492 e. The van der Waals surface area contributed by atoms with Crippen LogP contribution in [-0.2, 0) is 31.8 Å². The van der Waals surface area contributed by atoms with E-state index in [1.807, 2.05) is 19.1 Å². The van der Waals surface area contributed by atoms with Crippen LogP contribution in [0.2, 0.25) is 0 Å². The quantitative estimate of drug-likeness (QED) is 0.470. The summed E-state index contributed by atoms with van der Waals surface area (Å²) in [6.07, 6.45) is 1.33. The lowest BCUT2D eigenvalue weighted by Gasteiger charge is -2.32. The molecule has 10 heteroatoms. The lowest BCUT2D eigenvalue weighted by atomic mass is 9.81. The number of ether oxygens (including phenoxy) is 2. The molecule has 0 radical (unpaired) electrons. The summed E-state index contributed by atoms with van der Waals surface area (Å²) in [5, 5.41) is 12.9. The van der Waals surface area contributed by atoms with E-state index in [1.54, 1.807) is 19.9 Å². The van der Waals surface area contributed by atoms with Gasteiger partial charge in [-0.15, -0.1) is 0 Å². The van der Waals surface area contributed by atoms with Gasteiger partial charge in [-0.25, -0.2) is 4.79 Å². The highest BCUT2D eigenvalue weighted by Crippen LogP contribution is 2.45. The van der Waals surface area contributed by atoms with Crippen LogP contribution in [0.1, 0.15) is 38.3 Å². The number of amides is 1. The molecule has 0 aromatic heterocycles. The molecule has 1 aliphatic heterocycles. The van der Waals surface area contributed by atoms with E-state index in [0.29, 0.717) is 22.8 Å². The van der Waals surface area contributed by atoms with Crippen molar-refractivity contribution in [1.29, 1.82) is 0 Å². The lowest BCUT2D eigenvalue weighted by molar-refractivity contribution is -0.144. The molecule has 1 amide bonds. The summed E-state index contributed by atoms with van der Waals surface area (Å²) in [4.78, 5) is 25.1. The molecule has 0 bridgehead atoms. The first kappa shape index (κ1) is 26.7. The fourth-order valence-electron chi connectivity index (χ4n) is 3.76. The average Bonchev–Trinajstić information content (AvgIpc) is 3.24. The summed E-state index contributed by atoms with van der Waals surface area (Å²) in [6, 6.07) is 3.47. The summed E-state index contributed by atoms with van der Waals surface area (Å²) in [5.74, 6) is -1.78. The van der Waals surface area contributed by atoms with Crippen LogP contribution in [0, 0.1) is 11.3 Å². The van der Waals surface area contributed by atoms with E-state index >= 15 is 0 Å². The Labute approximate surface area is 206 Å². The number of halogens is 3. The van der Waals surface area contributed by atoms with Gasteiger partial charge < -0.3 is 19.9 Å². The minimum absolute atomic E-state index is 0.0645. The molecule has 1 aromatic carbocycles. The van der Waals surface area contributed by atoms with Crippen molar-refractivity contribution in [2.45, 2.75) is 51.3 Å². The van der Waals surface area contributed by atoms with Gasteiger partial charge in [-0.2, -0.15) is 13.2 Å². The molecule has 1 heterocycles. The molecule has 0 spiro atoms. The number of hydrogen-bond acceptors (Lipinski definition) is 5. The van der Waals surface area contributed by atoms with Gasteiger partial charge in [0.15, 0.2) is 0 Å². The van der Waals surface area contributed by atoms with Gasteiger partial charge in [0, 0.05) is 5.25 Å². The number of alkyl halides is 3. The molecule has 3 atom stereocenters. The average molecular weight is 512 g/mol. The number of rotatable bonds is 9. The van der Waals surface area contributed by atoms with E-state index in [-0.39, 0.29) is 23.3 Å². The number of carbonyl (C=O) groups excluding carboxylic acids is 1. The number of carboxylic acid groups (broad SMARTS) is 1. The van der Waals surface area contributed by atoms with Crippen molar-refractivity contribution in [2.75, 3.05) is 7.11 Å². The molecule has 35 heavy (non-hydrogen) atoms. The van der Waals surface area contributed by atoms with Crippen LogP contribution in [0.4, 0.5) is 13.2 Å². The maximum atomic E-state index is 13.2. The molecule has 2 N–H and O–H groups in total. The maximum Gasteiger partial charge on any atom is 0.416 e. The summed E-state index contributed by atoms with van der Waals surface area (Å²) in [5.41, 5.74) is -0.797. The third kappa shape index (κ3) is 6.04. The molecule has 6 nitrogen and oxygen atoms in total. The van der Waals surface area contributed by atoms with Crippen molar-refractivity contribution in [3.8, 4) is 0 Å². The van der Waals surface area contributed by atoms with Crippen molar-refractivity contribution in [2.24, 2.45) is 11.3 Å². The molecular formula is C25H28F3NO5S. The third-order valence-electron chi connectivity index (χ3n) is 6.28. The number of carbonyl (C=O) groups is 2. The molecule has 3 rings (SSSR count). The van der Waals surface area contributed by atoms with Gasteiger partial charge in [-0.3, -0.25) is 4.79 Å². The standard InChI is InChI=1S/C25H28F3NO5S/c1-5-24(2,3)21(23(31)32)29-22(30)16-10-11-18-17(12-19(33-4)35-18)20(16)34-13-14-6-8-15(9-7-14)25(26,27)28/h6-12,17-18,21H,5,13H2,1-4H3,(H,29,30)(H,31,32). The number of methoxy groups -OCH3 is 1. The molecular weight excluding hydrogens is 483 g/mol. The number of carboxylic acids is 1. The van der Waals surface area contributed by atoms with Crippen LogP contribution in [0.5, 0.6) is 0 Å². The van der Waals surface area contributed by atoms with Crippen molar-refractivity contribution in [3.05, 3.63) is 70.0 Å². The summed E-state index contributed by atoms with van der Waals surface area (Å²) in [6.45, 7) is 5.30. The van der Waals surface area contributed by atoms with E-state index < -0.39 is 35.1 Å². The van der Waals surface area contributed by atoms with E-state index in [2.05, 4.69) is 5.32 Å². The zero-order chi connectivity index (χ0) is 26.0. The molecule has 0 saturated carbocycles. The molecule has 1 aromatic rings. The van der Waals surface area contributed by atoms with Crippen LogP contribution >= 0.6 is 11.8 Å². The lowest BCUT2D eigenvalue weighted by Crippen LogP contribution is -2.50. The number of aliphatic carboxylic acids is 1. The summed E-state index contributed by atoms with van der Waals surface area (Å²) >= 11 is 1.45. The Kier molecular flexibility index (Phi) is 7.93. The van der Waals surface area contributed by atoms with Gasteiger partial charge in [0.2, 0.25) is 0 Å². The highest BCUT2D eigenvalue weighted by atomic mass is 32.2. The number of fused-ring (bicyclic) bond motifs is 1. The normalized spacial score (nSPS) is 20.7. The second-order valence-corrected chi connectivity index (χ2v) is 10.2. The Balaban J connectivity index is 1.90. The van der Waals surface area contributed by atoms with Crippen molar-refractivity contribution < 1.29 is 37.3 Å². The number of nitrogens with one attached hydrogen (secondary N) is 1. The molecule has 1 aliphatic carbocycles. The molecule has 0 fully saturated rings. The van der Waals surface area contributed by atoms with E-state index in [1.165, 1.54) is 31.0 Å². The SMILES string of the molecule is CCC(C)(C)C(NC(=O)C1=C(OCc2ccc(C(F)(F)F)cc2)C2C=C(OC)SC2C=C1)C(=O)O. The molecule has 2 aliphatic rings. The third-order valence-corrected chi connectivity index (χ3v) is 7.54. The Morgan fingerprint density at radius 1 is 1.20 bits per heavy atom. The predicted molar refractivity (Wildman–Crippen MR) is 126 cm³/mol. The number of benzene rings is 1. The first-order chi connectivity index (χ1) is 16.4. The largest absolute Gasteiger partial charge is 0.492 e. The van der Waals surface area contributed by atoms with E-state index in [0.717, 1.165) is 12.1 Å². The Bertz CT molecular complexity index is 1060. The van der Waals surface area contributed by atoms with Crippen LogP contribution in [0.3, 0.4) is 0 Å². The van der Waals surface area contributed by atoms with Crippen molar-refractivity contribution in [1.82, 2.24) is 5.32 Å². The van der Waals surface area contributed by atoms with Crippen LogP contribution < -0.4 is 5.32 Å². The van der Waals surface area contributed by atoms with E-state index in [4.69, 9.17) is 9.47 Å². The first-order valence-electron chi connectivity index (χ1n) is 11.0. The summed E-state index contributed by atoms with van der Waals surface area (Å²) < 4.78 is 50.0. The van der Waals surface area contributed by atoms with E-state index in [9.17, 15) is 27.9 Å². The van der Waals surface area contributed by atoms with Crippen LogP contribution in [-0.4, -0.2) is 35.4 Å². The Morgan fingerprint density at radius 3 is 2.40 bits per heavy atom. The van der Waals surface area contributed by atoms with Crippen molar-refractivity contribution in [3.63, 3.8) is 0 Å². The van der Waals surface area contributed by atoms with Gasteiger partial charge in [0.25, 0.3) is 5.91 Å². The monoisotopic (exact) mass is 511 g/mol. The summed E-state index contributed by atoms with van der Waals surface area (Å²) in [7, 11) is 1.53. The van der Waals surface area contributed by atoms with Gasteiger partial charge >= 0.3 is 12.1 Å². The van der Waals surface area contributed by atoms with Gasteiger partial charge in [-0.1, -0.05) is 50.7 Å². The molecule has 3 unspecified atom stereocenters. The second kappa shape index (κ2) is 10.4. The number of allylic oxidation sites excluding steroid dienone is 1. The van der Waals surface area contributed by atoms with Crippen LogP contribution in [0.25, 0.3) is 0 Å². The smallest absolute Gasteiger partial charge is 0.416 e. The minimum atomic E-state index is -4.44. The van der Waals surface area contributed by atoms with Gasteiger partial charge in [-0.05, 0) is 41.7 Å². The zero-order valence-electron chi connectivity index (χ0n) is 19.8.